The lowest BCUT2D eigenvalue weighted by molar-refractivity contribution is -0.129. The fourth-order valence-electron chi connectivity index (χ4n) is 5.35. The fourth-order valence-corrected chi connectivity index (χ4v) is 5.35. The zero-order valence-corrected chi connectivity index (χ0v) is 23.2. The van der Waals surface area contributed by atoms with E-state index in [0.29, 0.717) is 48.8 Å². The minimum Gasteiger partial charge on any atom is -0.503 e. The third-order valence-corrected chi connectivity index (χ3v) is 7.33. The first-order chi connectivity index (χ1) is 19.6. The minimum absolute atomic E-state index is 0. The van der Waals surface area contributed by atoms with Crippen LogP contribution >= 0.6 is 12.4 Å². The van der Waals surface area contributed by atoms with Gasteiger partial charge < -0.3 is 23.9 Å². The number of aliphatic hydroxyl groups is 1. The molecule has 6 rings (SSSR count). The highest BCUT2D eigenvalue weighted by Crippen LogP contribution is 2.41. The van der Waals surface area contributed by atoms with Crippen LogP contribution in [0.25, 0.3) is 11.0 Å². The molecule has 0 spiro atoms. The Hall–Kier alpha value is -4.11. The van der Waals surface area contributed by atoms with Crippen LogP contribution in [-0.4, -0.2) is 66.0 Å². The van der Waals surface area contributed by atoms with E-state index in [1.807, 2.05) is 72.8 Å². The van der Waals surface area contributed by atoms with E-state index in [1.165, 1.54) is 0 Å². The summed E-state index contributed by atoms with van der Waals surface area (Å²) in [6.45, 7) is 4.22. The van der Waals surface area contributed by atoms with Crippen molar-refractivity contribution in [3.8, 4) is 11.5 Å². The predicted molar refractivity (Wildman–Crippen MR) is 157 cm³/mol. The SMILES string of the molecule is Cl.O=C(C1=C(O)C(=O)N(CCCN2CCOCC2)C1c1cccc(Oc2ccccc2)c1)c1cc2ccccc2o1. The molecule has 0 radical (unpaired) electrons. The molecule has 1 fully saturated rings. The standard InChI is InChI=1S/C32H30N2O6.ClH/c35-30(27-21-22-8-4-5-13-26(22)40-27)28-29(23-9-6-12-25(20-23)39-24-10-2-1-3-11-24)34(32(37)31(28)36)15-7-14-33-16-18-38-19-17-33;/h1-6,8-13,20-21,29,36H,7,14-19H2;1H. The molecule has 1 N–H and O–H groups in total. The quantitative estimate of drug-likeness (QED) is 0.247. The first kappa shape index (κ1) is 28.4. The number of hydrogen-bond acceptors (Lipinski definition) is 7. The number of rotatable bonds is 9. The van der Waals surface area contributed by atoms with Gasteiger partial charge in [-0.15, -0.1) is 12.4 Å². The largest absolute Gasteiger partial charge is 0.503 e. The van der Waals surface area contributed by atoms with E-state index in [2.05, 4.69) is 4.90 Å². The third-order valence-electron chi connectivity index (χ3n) is 7.33. The predicted octanol–water partition coefficient (Wildman–Crippen LogP) is 5.95. The molecule has 0 bridgehead atoms. The van der Waals surface area contributed by atoms with Crippen molar-refractivity contribution in [2.45, 2.75) is 12.5 Å². The number of para-hydroxylation sites is 2. The third kappa shape index (κ3) is 6.00. The second-order valence-electron chi connectivity index (χ2n) is 9.94. The molecule has 1 aromatic heterocycles. The van der Waals surface area contributed by atoms with Gasteiger partial charge in [-0.1, -0.05) is 48.5 Å². The van der Waals surface area contributed by atoms with Crippen molar-refractivity contribution in [3.05, 3.63) is 108 Å². The van der Waals surface area contributed by atoms with Crippen molar-refractivity contribution in [3.63, 3.8) is 0 Å². The van der Waals surface area contributed by atoms with Gasteiger partial charge in [-0.05, 0) is 48.4 Å². The Morgan fingerprint density at radius 1 is 0.902 bits per heavy atom. The normalized spacial score (nSPS) is 17.6. The first-order valence-corrected chi connectivity index (χ1v) is 13.5. The Morgan fingerprint density at radius 3 is 2.41 bits per heavy atom. The molecule has 1 atom stereocenters. The van der Waals surface area contributed by atoms with E-state index in [1.54, 1.807) is 17.0 Å². The van der Waals surface area contributed by atoms with Gasteiger partial charge in [0.2, 0.25) is 5.78 Å². The number of carbonyl (C=O) groups is 2. The van der Waals surface area contributed by atoms with Crippen LogP contribution < -0.4 is 4.74 Å². The number of nitrogens with zero attached hydrogens (tertiary/aromatic N) is 2. The van der Waals surface area contributed by atoms with Crippen LogP contribution in [-0.2, 0) is 9.53 Å². The Kier molecular flexibility index (Phi) is 8.73. The minimum atomic E-state index is -0.794. The van der Waals surface area contributed by atoms with Crippen LogP contribution in [0.2, 0.25) is 0 Å². The number of fused-ring (bicyclic) bond motifs is 1. The Bertz CT molecular complexity index is 1530. The maximum atomic E-state index is 13.9. The van der Waals surface area contributed by atoms with Crippen LogP contribution in [0.15, 0.2) is 101 Å². The second-order valence-corrected chi connectivity index (χ2v) is 9.94. The molecule has 0 aliphatic carbocycles. The molecule has 2 aliphatic rings. The molecule has 9 heteroatoms. The molecule has 0 saturated carbocycles. The van der Waals surface area contributed by atoms with Crippen LogP contribution in [0, 0.1) is 0 Å². The van der Waals surface area contributed by atoms with Gasteiger partial charge in [-0.25, -0.2) is 0 Å². The van der Waals surface area contributed by atoms with Crippen LogP contribution in [0.1, 0.15) is 28.6 Å². The number of amides is 1. The van der Waals surface area contributed by atoms with Gasteiger partial charge in [0.05, 0.1) is 24.8 Å². The van der Waals surface area contributed by atoms with Gasteiger partial charge in [-0.3, -0.25) is 14.5 Å². The zero-order valence-electron chi connectivity index (χ0n) is 22.4. The molecule has 212 valence electrons. The van der Waals surface area contributed by atoms with Crippen molar-refractivity contribution in [2.75, 3.05) is 39.4 Å². The summed E-state index contributed by atoms with van der Waals surface area (Å²) >= 11 is 0. The molecule has 1 saturated heterocycles. The van der Waals surface area contributed by atoms with Gasteiger partial charge >= 0.3 is 0 Å². The summed E-state index contributed by atoms with van der Waals surface area (Å²) in [7, 11) is 0. The van der Waals surface area contributed by atoms with E-state index >= 15 is 0 Å². The first-order valence-electron chi connectivity index (χ1n) is 13.5. The van der Waals surface area contributed by atoms with Crippen LogP contribution in [0.5, 0.6) is 11.5 Å². The van der Waals surface area contributed by atoms with Crippen molar-refractivity contribution in [1.82, 2.24) is 9.80 Å². The second kappa shape index (κ2) is 12.6. The van der Waals surface area contributed by atoms with Crippen LogP contribution in [0.3, 0.4) is 0 Å². The number of carbonyl (C=O) groups excluding carboxylic acids is 2. The smallest absolute Gasteiger partial charge is 0.290 e. The molecule has 8 nitrogen and oxygen atoms in total. The maximum absolute atomic E-state index is 13.9. The molecular weight excluding hydrogens is 544 g/mol. The fraction of sp³-hybridized carbons (Fsp3) is 0.250. The van der Waals surface area contributed by atoms with Crippen molar-refractivity contribution >= 4 is 35.1 Å². The van der Waals surface area contributed by atoms with Gasteiger partial charge in [0, 0.05) is 31.6 Å². The lowest BCUT2D eigenvalue weighted by Gasteiger charge is -2.30. The number of aliphatic hydroxyl groups excluding tert-OH is 1. The highest BCUT2D eigenvalue weighted by molar-refractivity contribution is 6.16. The summed E-state index contributed by atoms with van der Waals surface area (Å²) in [5.41, 5.74) is 1.23. The van der Waals surface area contributed by atoms with E-state index in [4.69, 9.17) is 13.9 Å². The number of ketones is 1. The van der Waals surface area contributed by atoms with Crippen molar-refractivity contribution in [2.24, 2.45) is 0 Å². The van der Waals surface area contributed by atoms with E-state index < -0.39 is 23.5 Å². The number of furan rings is 1. The highest BCUT2D eigenvalue weighted by atomic mass is 35.5. The molecule has 41 heavy (non-hydrogen) atoms. The summed E-state index contributed by atoms with van der Waals surface area (Å²) in [4.78, 5) is 31.2. The van der Waals surface area contributed by atoms with Gasteiger partial charge in [0.1, 0.15) is 17.1 Å². The molecule has 3 heterocycles. The average Bonchev–Trinajstić information content (AvgIpc) is 3.53. The van der Waals surface area contributed by atoms with Crippen molar-refractivity contribution < 1.29 is 28.6 Å². The number of Topliss-reactive ketones (excluding diaryl/α,β-unsaturated/α-hetero) is 1. The summed E-state index contributed by atoms with van der Waals surface area (Å²) in [5, 5.41) is 11.9. The van der Waals surface area contributed by atoms with E-state index in [9.17, 15) is 14.7 Å². The number of benzene rings is 3. The Balaban J connectivity index is 0.00000337. The number of hydrogen-bond donors (Lipinski definition) is 1. The molecule has 3 aromatic carbocycles. The summed E-state index contributed by atoms with van der Waals surface area (Å²) in [6, 6.07) is 24.8. The zero-order chi connectivity index (χ0) is 27.5. The van der Waals surface area contributed by atoms with Crippen LogP contribution in [0.4, 0.5) is 0 Å². The molecule has 1 amide bonds. The monoisotopic (exact) mass is 574 g/mol. The number of ether oxygens (including phenoxy) is 2. The van der Waals surface area contributed by atoms with Crippen molar-refractivity contribution in [1.29, 1.82) is 0 Å². The Labute approximate surface area is 244 Å². The van der Waals surface area contributed by atoms with Gasteiger partial charge in [0.15, 0.2) is 11.5 Å². The lowest BCUT2D eigenvalue weighted by atomic mass is 9.94. The van der Waals surface area contributed by atoms with Gasteiger partial charge in [0.25, 0.3) is 5.91 Å². The molecule has 2 aliphatic heterocycles. The summed E-state index contributed by atoms with van der Waals surface area (Å²) < 4.78 is 17.3. The summed E-state index contributed by atoms with van der Waals surface area (Å²) in [6.07, 6.45) is 0.682. The maximum Gasteiger partial charge on any atom is 0.290 e. The topological polar surface area (TPSA) is 92.5 Å². The lowest BCUT2D eigenvalue weighted by Crippen LogP contribution is -2.39. The van der Waals surface area contributed by atoms with Gasteiger partial charge in [-0.2, -0.15) is 0 Å². The molecule has 1 unspecified atom stereocenters. The summed E-state index contributed by atoms with van der Waals surface area (Å²) in [5.74, 6) is -0.325. The van der Waals surface area contributed by atoms with E-state index in [0.717, 1.165) is 25.0 Å². The number of halogens is 1. The molecular formula is C32H31ClN2O6. The average molecular weight is 575 g/mol. The highest BCUT2D eigenvalue weighted by Gasteiger charge is 2.44. The Morgan fingerprint density at radius 2 is 1.63 bits per heavy atom. The van der Waals surface area contributed by atoms with E-state index in [-0.39, 0.29) is 23.7 Å². The number of morpholine rings is 1. The molecule has 4 aromatic rings.